The van der Waals surface area contributed by atoms with Gasteiger partial charge in [0.05, 0.1) is 23.9 Å². The smallest absolute Gasteiger partial charge is 0.319 e. The molecule has 4 aliphatic heterocycles. The molecule has 206 valence electrons. The van der Waals surface area contributed by atoms with Crippen LogP contribution in [0.4, 0.5) is 5.82 Å². The summed E-state index contributed by atoms with van der Waals surface area (Å²) in [5, 5.41) is 11.1. The molecule has 10 nitrogen and oxygen atoms in total. The van der Waals surface area contributed by atoms with Crippen molar-refractivity contribution in [1.82, 2.24) is 24.7 Å². The molecule has 1 aliphatic carbocycles. The van der Waals surface area contributed by atoms with Crippen LogP contribution >= 0.6 is 0 Å². The minimum atomic E-state index is -0.635. The minimum Gasteiger partial charge on any atom is -0.456 e. The summed E-state index contributed by atoms with van der Waals surface area (Å²) in [6.07, 6.45) is 2.66. The zero-order valence-electron chi connectivity index (χ0n) is 22.6. The first kappa shape index (κ1) is 25.0. The molecule has 1 amide bonds. The van der Waals surface area contributed by atoms with Crippen LogP contribution < -0.4 is 9.64 Å². The summed E-state index contributed by atoms with van der Waals surface area (Å²) < 4.78 is 12.1. The Balaban J connectivity index is 1.22. The Morgan fingerprint density at radius 1 is 1.10 bits per heavy atom. The largest absolute Gasteiger partial charge is 0.456 e. The van der Waals surface area contributed by atoms with Crippen LogP contribution in [0.1, 0.15) is 34.8 Å². The van der Waals surface area contributed by atoms with Gasteiger partial charge in [0.25, 0.3) is 0 Å². The van der Waals surface area contributed by atoms with Crippen molar-refractivity contribution in [3.63, 3.8) is 0 Å². The minimum absolute atomic E-state index is 0.0510. The standard InChI is InChI=1S/C29H36N6O4/c1-4-26(36)34-13-23-27(37)22(34)14-35(23)28-19-11-33(21-10-9-17-7-5-6-8-18(17)21)12-20(19)30-29(31-28)39-25-16-32(2)15-24(25)38-3/h4-8,21-25,27,37H,1,9-16H2,2-3H3/t21?,22?,23?,24-,25-,27?/m1/s1. The maximum absolute atomic E-state index is 12.4. The van der Waals surface area contributed by atoms with Crippen LogP contribution in [-0.2, 0) is 29.0 Å². The maximum Gasteiger partial charge on any atom is 0.319 e. The molecule has 0 spiro atoms. The molecule has 1 N–H and O–H groups in total. The SMILES string of the molecule is C=CC(=O)N1CC2C(O)C1CN2c1nc(O[C@@H]2CN(C)C[C@H]2OC)nc2c1CN(C1CCc3ccccc31)C2. The summed E-state index contributed by atoms with van der Waals surface area (Å²) in [6, 6.07) is 8.92. The van der Waals surface area contributed by atoms with Gasteiger partial charge in [0.2, 0.25) is 5.91 Å². The van der Waals surface area contributed by atoms with Gasteiger partial charge in [-0.2, -0.15) is 9.97 Å². The molecule has 0 radical (unpaired) electrons. The van der Waals surface area contributed by atoms with Crippen molar-refractivity contribution >= 4 is 11.7 Å². The Kier molecular flexibility index (Phi) is 6.11. The van der Waals surface area contributed by atoms with Crippen LogP contribution in [0.2, 0.25) is 0 Å². The number of methoxy groups -OCH3 is 1. The van der Waals surface area contributed by atoms with E-state index in [0.29, 0.717) is 25.1 Å². The van der Waals surface area contributed by atoms with Crippen molar-refractivity contribution in [2.45, 2.75) is 62.4 Å². The summed E-state index contributed by atoms with van der Waals surface area (Å²) in [5.41, 5.74) is 4.91. The number of aliphatic hydroxyl groups is 1. The third-order valence-corrected chi connectivity index (χ3v) is 9.35. The molecule has 7 rings (SSSR count). The molecule has 10 heteroatoms. The van der Waals surface area contributed by atoms with E-state index in [0.717, 1.165) is 56.1 Å². The van der Waals surface area contributed by atoms with Crippen LogP contribution in [0.5, 0.6) is 6.01 Å². The topological polar surface area (TPSA) is 94.5 Å². The molecule has 5 aliphatic rings. The lowest BCUT2D eigenvalue weighted by atomic mass is 10.1. The third kappa shape index (κ3) is 4.04. The molecular weight excluding hydrogens is 496 g/mol. The fourth-order valence-electron chi connectivity index (χ4n) is 7.39. The number of amides is 1. The lowest BCUT2D eigenvalue weighted by molar-refractivity contribution is -0.127. The molecule has 1 aromatic carbocycles. The van der Waals surface area contributed by atoms with E-state index < -0.39 is 6.10 Å². The number of nitrogens with zero attached hydrogens (tertiary/aromatic N) is 6. The molecule has 2 aromatic rings. The monoisotopic (exact) mass is 532 g/mol. The van der Waals surface area contributed by atoms with E-state index in [1.54, 1.807) is 12.0 Å². The van der Waals surface area contributed by atoms with Crippen molar-refractivity contribution in [3.05, 3.63) is 59.3 Å². The normalized spacial score (nSPS) is 31.7. The number of aromatic nitrogens is 2. The number of likely N-dealkylation sites (tertiary alicyclic amines) is 2. The number of hydrogen-bond donors (Lipinski definition) is 1. The highest BCUT2D eigenvalue weighted by molar-refractivity contribution is 5.88. The van der Waals surface area contributed by atoms with Gasteiger partial charge in [0.15, 0.2) is 0 Å². The second-order valence-corrected chi connectivity index (χ2v) is 11.5. The van der Waals surface area contributed by atoms with Crippen LogP contribution in [-0.4, -0.2) is 106 Å². The van der Waals surface area contributed by atoms with Gasteiger partial charge < -0.3 is 24.4 Å². The predicted molar refractivity (Wildman–Crippen MR) is 144 cm³/mol. The van der Waals surface area contributed by atoms with E-state index in [4.69, 9.17) is 19.4 Å². The molecule has 4 unspecified atom stereocenters. The number of likely N-dealkylation sites (N-methyl/N-ethyl adjacent to an activating group) is 1. The average molecular weight is 533 g/mol. The predicted octanol–water partition coefficient (Wildman–Crippen LogP) is 1.13. The van der Waals surface area contributed by atoms with Crippen LogP contribution in [0, 0.1) is 0 Å². The number of anilines is 1. The molecule has 3 saturated heterocycles. The van der Waals surface area contributed by atoms with Gasteiger partial charge in [-0.1, -0.05) is 30.8 Å². The summed E-state index contributed by atoms with van der Waals surface area (Å²) in [4.78, 5) is 30.9. The highest BCUT2D eigenvalue weighted by Crippen LogP contribution is 2.44. The zero-order chi connectivity index (χ0) is 26.8. The fourth-order valence-corrected chi connectivity index (χ4v) is 7.39. The van der Waals surface area contributed by atoms with Gasteiger partial charge in [0.1, 0.15) is 18.0 Å². The summed E-state index contributed by atoms with van der Waals surface area (Å²) in [6.45, 7) is 7.61. The van der Waals surface area contributed by atoms with Crippen molar-refractivity contribution in [2.75, 3.05) is 45.2 Å². The number of ether oxygens (including phenoxy) is 2. The van der Waals surface area contributed by atoms with Crippen molar-refractivity contribution in [1.29, 1.82) is 0 Å². The Labute approximate surface area is 228 Å². The molecule has 5 heterocycles. The van der Waals surface area contributed by atoms with Gasteiger partial charge in [-0.3, -0.25) is 14.6 Å². The number of rotatable bonds is 6. The third-order valence-electron chi connectivity index (χ3n) is 9.35. The van der Waals surface area contributed by atoms with E-state index in [-0.39, 0.29) is 30.2 Å². The average Bonchev–Trinajstić information content (AvgIpc) is 3.75. The number of carbonyl (C=O) groups excluding carboxylic acids is 1. The number of benzene rings is 1. The Bertz CT molecular complexity index is 1300. The Morgan fingerprint density at radius 2 is 1.92 bits per heavy atom. The second-order valence-electron chi connectivity index (χ2n) is 11.5. The van der Waals surface area contributed by atoms with Crippen molar-refractivity contribution in [3.8, 4) is 6.01 Å². The van der Waals surface area contributed by atoms with Gasteiger partial charge in [-0.25, -0.2) is 0 Å². The molecular formula is C29H36N6O4. The van der Waals surface area contributed by atoms with Crippen LogP contribution in [0.15, 0.2) is 36.9 Å². The molecule has 39 heavy (non-hydrogen) atoms. The van der Waals surface area contributed by atoms with Gasteiger partial charge in [-0.05, 0) is 37.1 Å². The van der Waals surface area contributed by atoms with Crippen molar-refractivity contribution < 1.29 is 19.4 Å². The zero-order valence-corrected chi connectivity index (χ0v) is 22.6. The first-order valence-corrected chi connectivity index (χ1v) is 13.9. The lowest BCUT2D eigenvalue weighted by Crippen LogP contribution is -2.49. The number of piperazine rings is 1. The number of hydrogen-bond acceptors (Lipinski definition) is 9. The number of fused-ring (bicyclic) bond motifs is 4. The second kappa shape index (κ2) is 9.55. The molecule has 1 aromatic heterocycles. The Morgan fingerprint density at radius 3 is 2.69 bits per heavy atom. The van der Waals surface area contributed by atoms with E-state index in [2.05, 4.69) is 52.6 Å². The highest BCUT2D eigenvalue weighted by atomic mass is 16.5. The maximum atomic E-state index is 12.4. The summed E-state index contributed by atoms with van der Waals surface area (Å²) >= 11 is 0. The molecule has 2 bridgehead atoms. The van der Waals surface area contributed by atoms with Gasteiger partial charge >= 0.3 is 6.01 Å². The first-order valence-electron chi connectivity index (χ1n) is 13.9. The molecule has 3 fully saturated rings. The first-order chi connectivity index (χ1) is 18.9. The van der Waals surface area contributed by atoms with Gasteiger partial charge in [-0.15, -0.1) is 0 Å². The number of aliphatic hydroxyl groups excluding tert-OH is 1. The number of aryl methyl sites for hydroxylation is 1. The number of carbonyl (C=O) groups is 1. The highest BCUT2D eigenvalue weighted by Gasteiger charge is 2.53. The van der Waals surface area contributed by atoms with E-state index in [1.165, 1.54) is 17.2 Å². The van der Waals surface area contributed by atoms with E-state index in [9.17, 15) is 9.90 Å². The summed E-state index contributed by atoms with van der Waals surface area (Å²) in [7, 11) is 3.77. The van der Waals surface area contributed by atoms with E-state index in [1.807, 2.05) is 0 Å². The molecule has 6 atom stereocenters. The van der Waals surface area contributed by atoms with E-state index >= 15 is 0 Å². The van der Waals surface area contributed by atoms with Crippen molar-refractivity contribution in [2.24, 2.45) is 0 Å². The fraction of sp³-hybridized carbons (Fsp3) is 0.552. The van der Waals surface area contributed by atoms with Gasteiger partial charge in [0, 0.05) is 58.0 Å². The Hall–Kier alpha value is -3.05. The van der Waals surface area contributed by atoms with Crippen LogP contribution in [0.25, 0.3) is 0 Å². The quantitative estimate of drug-likeness (QED) is 0.550. The summed E-state index contributed by atoms with van der Waals surface area (Å²) in [5.74, 6) is 0.682. The molecule has 0 saturated carbocycles. The van der Waals surface area contributed by atoms with Crippen LogP contribution in [0.3, 0.4) is 0 Å². The lowest BCUT2D eigenvalue weighted by Gasteiger charge is -2.34.